The second-order valence-electron chi connectivity index (χ2n) is 4.42. The highest BCUT2D eigenvalue weighted by Crippen LogP contribution is 2.32. The first-order valence-corrected chi connectivity index (χ1v) is 7.82. The van der Waals surface area contributed by atoms with Gasteiger partial charge >= 0.3 is 0 Å². The Morgan fingerprint density at radius 1 is 1.50 bits per heavy atom. The zero-order valence-electron chi connectivity index (χ0n) is 10.9. The SMILES string of the molecule is CCNC(c1cccs1)c1c(Br)cnn1C(C)C. The average molecular weight is 328 g/mol. The number of nitrogens with zero attached hydrogens (tertiary/aromatic N) is 2. The zero-order valence-corrected chi connectivity index (χ0v) is 13.3. The maximum Gasteiger partial charge on any atom is 0.0853 e. The van der Waals surface area contributed by atoms with Crippen molar-refractivity contribution in [3.05, 3.63) is 38.8 Å². The van der Waals surface area contributed by atoms with E-state index in [1.165, 1.54) is 10.6 Å². The molecule has 0 spiro atoms. The van der Waals surface area contributed by atoms with Gasteiger partial charge < -0.3 is 5.32 Å². The Kier molecular flexibility index (Phi) is 4.59. The van der Waals surface area contributed by atoms with E-state index in [1.807, 2.05) is 6.20 Å². The molecule has 1 atom stereocenters. The van der Waals surface area contributed by atoms with Gasteiger partial charge in [-0.2, -0.15) is 5.10 Å². The van der Waals surface area contributed by atoms with Gasteiger partial charge in [-0.3, -0.25) is 4.68 Å². The van der Waals surface area contributed by atoms with Gasteiger partial charge in [-0.25, -0.2) is 0 Å². The minimum Gasteiger partial charge on any atom is -0.305 e. The van der Waals surface area contributed by atoms with Crippen molar-refractivity contribution in [1.29, 1.82) is 0 Å². The standard InChI is InChI=1S/C13H18BrN3S/c1-4-15-12(11-6-5-7-18-11)13-10(14)8-16-17(13)9(2)3/h5-9,12,15H,4H2,1-3H3. The van der Waals surface area contributed by atoms with E-state index in [2.05, 4.69) is 69.3 Å². The molecule has 18 heavy (non-hydrogen) atoms. The molecule has 0 saturated heterocycles. The predicted molar refractivity (Wildman–Crippen MR) is 80.2 cm³/mol. The second kappa shape index (κ2) is 5.99. The van der Waals surface area contributed by atoms with E-state index in [0.29, 0.717) is 6.04 Å². The first-order chi connectivity index (χ1) is 8.65. The molecule has 1 N–H and O–H groups in total. The number of thiophene rings is 1. The minimum absolute atomic E-state index is 0.203. The molecule has 0 aliphatic carbocycles. The molecule has 2 aromatic rings. The van der Waals surface area contributed by atoms with Crippen LogP contribution >= 0.6 is 27.3 Å². The van der Waals surface area contributed by atoms with Crippen molar-refractivity contribution in [2.45, 2.75) is 32.9 Å². The molecule has 5 heteroatoms. The summed E-state index contributed by atoms with van der Waals surface area (Å²) >= 11 is 5.40. The zero-order chi connectivity index (χ0) is 13.1. The molecule has 1 unspecified atom stereocenters. The fraction of sp³-hybridized carbons (Fsp3) is 0.462. The third-order valence-electron chi connectivity index (χ3n) is 2.79. The van der Waals surface area contributed by atoms with Crippen LogP contribution in [0.15, 0.2) is 28.2 Å². The van der Waals surface area contributed by atoms with Crippen LogP contribution in [-0.2, 0) is 0 Å². The van der Waals surface area contributed by atoms with Crippen molar-refractivity contribution in [2.24, 2.45) is 0 Å². The largest absolute Gasteiger partial charge is 0.305 e. The summed E-state index contributed by atoms with van der Waals surface area (Å²) in [7, 11) is 0. The lowest BCUT2D eigenvalue weighted by molar-refractivity contribution is 0.477. The number of rotatable bonds is 5. The van der Waals surface area contributed by atoms with Crippen molar-refractivity contribution in [3.63, 3.8) is 0 Å². The fourth-order valence-electron chi connectivity index (χ4n) is 2.02. The second-order valence-corrected chi connectivity index (χ2v) is 6.26. The summed E-state index contributed by atoms with van der Waals surface area (Å²) in [4.78, 5) is 1.32. The molecule has 2 rings (SSSR count). The molecule has 98 valence electrons. The van der Waals surface area contributed by atoms with E-state index < -0.39 is 0 Å². The summed E-state index contributed by atoms with van der Waals surface area (Å²) in [6.07, 6.45) is 1.88. The maximum absolute atomic E-state index is 4.46. The van der Waals surface area contributed by atoms with Crippen LogP contribution < -0.4 is 5.32 Å². The van der Waals surface area contributed by atoms with Gasteiger partial charge in [0.25, 0.3) is 0 Å². The topological polar surface area (TPSA) is 29.9 Å². The van der Waals surface area contributed by atoms with E-state index in [0.717, 1.165) is 11.0 Å². The number of aromatic nitrogens is 2. The first-order valence-electron chi connectivity index (χ1n) is 6.14. The first kappa shape index (κ1) is 13.8. The summed E-state index contributed by atoms with van der Waals surface area (Å²) in [5.74, 6) is 0. The number of hydrogen-bond acceptors (Lipinski definition) is 3. The third-order valence-corrected chi connectivity index (χ3v) is 4.33. The molecule has 2 heterocycles. The highest BCUT2D eigenvalue weighted by molar-refractivity contribution is 9.10. The summed E-state index contributed by atoms with van der Waals surface area (Å²) in [5, 5.41) is 10.1. The molecule has 0 aliphatic rings. The van der Waals surface area contributed by atoms with Gasteiger partial charge in [0.05, 0.1) is 22.4 Å². The van der Waals surface area contributed by atoms with Crippen LogP contribution in [0.25, 0.3) is 0 Å². The monoisotopic (exact) mass is 327 g/mol. The molecule has 0 aliphatic heterocycles. The summed E-state index contributed by atoms with van der Waals surface area (Å²) < 4.78 is 3.15. The Hall–Kier alpha value is -0.650. The molecule has 0 bridgehead atoms. The quantitative estimate of drug-likeness (QED) is 0.899. The van der Waals surface area contributed by atoms with E-state index in [4.69, 9.17) is 0 Å². The summed E-state index contributed by atoms with van der Waals surface area (Å²) in [6, 6.07) is 4.82. The van der Waals surface area contributed by atoms with Crippen LogP contribution in [0.2, 0.25) is 0 Å². The Bertz CT molecular complexity index is 490. The average Bonchev–Trinajstić information content (AvgIpc) is 2.95. The van der Waals surface area contributed by atoms with Gasteiger partial charge in [0.15, 0.2) is 0 Å². The molecule has 0 fully saturated rings. The van der Waals surface area contributed by atoms with E-state index in [-0.39, 0.29) is 6.04 Å². The van der Waals surface area contributed by atoms with Crippen LogP contribution in [-0.4, -0.2) is 16.3 Å². The minimum atomic E-state index is 0.203. The smallest absolute Gasteiger partial charge is 0.0853 e. The molecule has 3 nitrogen and oxygen atoms in total. The molecule has 2 aromatic heterocycles. The fourth-order valence-corrected chi connectivity index (χ4v) is 3.33. The van der Waals surface area contributed by atoms with Crippen molar-refractivity contribution >= 4 is 27.3 Å². The summed E-state index contributed by atoms with van der Waals surface area (Å²) in [6.45, 7) is 7.36. The maximum atomic E-state index is 4.46. The molecule has 0 aromatic carbocycles. The normalized spacial score (nSPS) is 13.2. The molecule has 0 amide bonds. The lowest BCUT2D eigenvalue weighted by atomic mass is 10.1. The highest BCUT2D eigenvalue weighted by Gasteiger charge is 2.22. The van der Waals surface area contributed by atoms with Crippen LogP contribution in [0.4, 0.5) is 0 Å². The Morgan fingerprint density at radius 2 is 2.28 bits per heavy atom. The van der Waals surface area contributed by atoms with Crippen LogP contribution in [0.5, 0.6) is 0 Å². The van der Waals surface area contributed by atoms with Crippen LogP contribution in [0.1, 0.15) is 43.4 Å². The van der Waals surface area contributed by atoms with Gasteiger partial charge in [-0.1, -0.05) is 13.0 Å². The van der Waals surface area contributed by atoms with Crippen molar-refractivity contribution in [1.82, 2.24) is 15.1 Å². The van der Waals surface area contributed by atoms with Crippen LogP contribution in [0, 0.1) is 0 Å². The lowest BCUT2D eigenvalue weighted by Crippen LogP contribution is -2.25. The lowest BCUT2D eigenvalue weighted by Gasteiger charge is -2.20. The molecule has 0 saturated carbocycles. The molecule has 0 radical (unpaired) electrons. The van der Waals surface area contributed by atoms with Crippen molar-refractivity contribution in [3.8, 4) is 0 Å². The highest BCUT2D eigenvalue weighted by atomic mass is 79.9. The third kappa shape index (κ3) is 2.68. The van der Waals surface area contributed by atoms with Crippen molar-refractivity contribution < 1.29 is 0 Å². The number of hydrogen-bond donors (Lipinski definition) is 1. The van der Waals surface area contributed by atoms with E-state index in [1.54, 1.807) is 11.3 Å². The molecular formula is C13H18BrN3S. The van der Waals surface area contributed by atoms with Gasteiger partial charge in [0.1, 0.15) is 0 Å². The van der Waals surface area contributed by atoms with Crippen LogP contribution in [0.3, 0.4) is 0 Å². The Labute approximate surface area is 120 Å². The molecular weight excluding hydrogens is 310 g/mol. The van der Waals surface area contributed by atoms with Gasteiger partial charge in [-0.05, 0) is 47.8 Å². The van der Waals surface area contributed by atoms with Crippen molar-refractivity contribution in [2.75, 3.05) is 6.54 Å². The van der Waals surface area contributed by atoms with E-state index >= 15 is 0 Å². The predicted octanol–water partition coefficient (Wildman–Crippen LogP) is 3.99. The van der Waals surface area contributed by atoms with E-state index in [9.17, 15) is 0 Å². The number of halogens is 1. The van der Waals surface area contributed by atoms with Gasteiger partial charge in [-0.15, -0.1) is 11.3 Å². The van der Waals surface area contributed by atoms with Gasteiger partial charge in [0, 0.05) is 10.9 Å². The summed E-state index contributed by atoms with van der Waals surface area (Å²) in [5.41, 5.74) is 1.20. The van der Waals surface area contributed by atoms with Gasteiger partial charge in [0.2, 0.25) is 0 Å². The Morgan fingerprint density at radius 3 is 2.83 bits per heavy atom. The Balaban J connectivity index is 2.45. The number of nitrogens with one attached hydrogen (secondary N) is 1.